The Morgan fingerprint density at radius 3 is 3.11 bits per heavy atom. The quantitative estimate of drug-likeness (QED) is 0.851. The number of nitrogens with zero attached hydrogens (tertiary/aromatic N) is 2. The Bertz CT molecular complexity index is 571. The number of nitrogens with two attached hydrogens (primary N) is 1. The second-order valence-electron chi connectivity index (χ2n) is 4.07. The zero-order chi connectivity index (χ0) is 12.4. The van der Waals surface area contributed by atoms with E-state index in [4.69, 9.17) is 10.5 Å². The van der Waals surface area contributed by atoms with Gasteiger partial charge in [0.1, 0.15) is 12.4 Å². The molecule has 2 aromatic rings. The molecule has 0 atom stereocenters. The van der Waals surface area contributed by atoms with Crippen LogP contribution in [-0.2, 0) is 6.61 Å². The van der Waals surface area contributed by atoms with Crippen molar-refractivity contribution in [2.24, 2.45) is 5.73 Å². The number of aromatic nitrogens is 2. The minimum Gasteiger partial charge on any atom is -0.488 e. The molecule has 0 radical (unpaired) electrons. The normalized spacial score (nSPS) is 12.3. The van der Waals surface area contributed by atoms with Crippen molar-refractivity contribution in [3.63, 3.8) is 0 Å². The largest absolute Gasteiger partial charge is 0.488 e. The lowest BCUT2D eigenvalue weighted by Gasteiger charge is -2.19. The number of hydrogen-bond acceptors (Lipinski definition) is 5. The van der Waals surface area contributed by atoms with Crippen molar-refractivity contribution >= 4 is 5.95 Å². The minimum absolute atomic E-state index is 0.517. The molecule has 0 bridgehead atoms. The smallest absolute Gasteiger partial charge is 0.223 e. The predicted octanol–water partition coefficient (Wildman–Crippen LogP) is 1.41. The number of nitrogens with one attached hydrogen (secondary N) is 1. The SMILES string of the molecule is NCCNc1ncc2c(n1)-c1ccccc1OC2. The molecule has 0 amide bonds. The predicted molar refractivity (Wildman–Crippen MR) is 69.3 cm³/mol. The zero-order valence-electron chi connectivity index (χ0n) is 9.89. The molecule has 3 N–H and O–H groups in total. The van der Waals surface area contributed by atoms with Crippen LogP contribution in [0.15, 0.2) is 30.5 Å². The van der Waals surface area contributed by atoms with Crippen molar-refractivity contribution in [3.8, 4) is 17.0 Å². The number of hydrogen-bond donors (Lipinski definition) is 2. The van der Waals surface area contributed by atoms with Gasteiger partial charge in [0.25, 0.3) is 0 Å². The Morgan fingerprint density at radius 2 is 2.22 bits per heavy atom. The van der Waals surface area contributed by atoms with E-state index in [1.807, 2.05) is 24.3 Å². The topological polar surface area (TPSA) is 73.1 Å². The van der Waals surface area contributed by atoms with E-state index in [1.165, 1.54) is 0 Å². The molecular formula is C13H14N4O. The monoisotopic (exact) mass is 242 g/mol. The first kappa shape index (κ1) is 11.0. The van der Waals surface area contributed by atoms with Gasteiger partial charge in [0.05, 0.1) is 5.69 Å². The highest BCUT2D eigenvalue weighted by Gasteiger charge is 2.18. The molecule has 1 aromatic heterocycles. The molecule has 5 heteroatoms. The zero-order valence-corrected chi connectivity index (χ0v) is 9.89. The van der Waals surface area contributed by atoms with Gasteiger partial charge in [-0.1, -0.05) is 12.1 Å². The second kappa shape index (κ2) is 4.62. The first-order valence-electron chi connectivity index (χ1n) is 5.90. The first-order valence-corrected chi connectivity index (χ1v) is 5.90. The third-order valence-electron chi connectivity index (χ3n) is 2.82. The molecule has 1 aromatic carbocycles. The maximum atomic E-state index is 5.65. The third-order valence-corrected chi connectivity index (χ3v) is 2.82. The third kappa shape index (κ3) is 1.89. The lowest BCUT2D eigenvalue weighted by atomic mass is 10.0. The Hall–Kier alpha value is -2.14. The van der Waals surface area contributed by atoms with Gasteiger partial charge < -0.3 is 15.8 Å². The molecule has 0 spiro atoms. The fraction of sp³-hybridized carbons (Fsp3) is 0.231. The lowest BCUT2D eigenvalue weighted by Crippen LogP contribution is -2.16. The van der Waals surface area contributed by atoms with Crippen molar-refractivity contribution < 1.29 is 4.74 Å². The van der Waals surface area contributed by atoms with E-state index >= 15 is 0 Å². The van der Waals surface area contributed by atoms with Crippen molar-refractivity contribution in [3.05, 3.63) is 36.0 Å². The van der Waals surface area contributed by atoms with Gasteiger partial charge in [-0.15, -0.1) is 0 Å². The van der Waals surface area contributed by atoms with Gasteiger partial charge in [0, 0.05) is 30.4 Å². The van der Waals surface area contributed by atoms with Crippen LogP contribution in [0.1, 0.15) is 5.56 Å². The van der Waals surface area contributed by atoms with Gasteiger partial charge in [-0.3, -0.25) is 0 Å². The van der Waals surface area contributed by atoms with E-state index in [0.717, 1.165) is 22.6 Å². The Kier molecular flexibility index (Phi) is 2.82. The average molecular weight is 242 g/mol. The van der Waals surface area contributed by atoms with Crippen LogP contribution in [0.5, 0.6) is 5.75 Å². The highest BCUT2D eigenvalue weighted by atomic mass is 16.5. The summed E-state index contributed by atoms with van der Waals surface area (Å²) in [6, 6.07) is 7.89. The maximum absolute atomic E-state index is 5.65. The van der Waals surface area contributed by atoms with Crippen LogP contribution in [0.4, 0.5) is 5.95 Å². The van der Waals surface area contributed by atoms with Crippen molar-refractivity contribution in [2.45, 2.75) is 6.61 Å². The summed E-state index contributed by atoms with van der Waals surface area (Å²) in [6.07, 6.45) is 1.80. The Balaban J connectivity index is 2.02. The number of fused-ring (bicyclic) bond motifs is 3. The average Bonchev–Trinajstić information content (AvgIpc) is 2.45. The summed E-state index contributed by atoms with van der Waals surface area (Å²) in [4.78, 5) is 8.78. The summed E-state index contributed by atoms with van der Waals surface area (Å²) >= 11 is 0. The molecule has 5 nitrogen and oxygen atoms in total. The number of ether oxygens (including phenoxy) is 1. The van der Waals surface area contributed by atoms with Gasteiger partial charge in [0.15, 0.2) is 0 Å². The summed E-state index contributed by atoms with van der Waals surface area (Å²) < 4.78 is 5.65. The summed E-state index contributed by atoms with van der Waals surface area (Å²) in [5.41, 5.74) is 8.41. The molecule has 0 aliphatic carbocycles. The molecule has 18 heavy (non-hydrogen) atoms. The van der Waals surface area contributed by atoms with Gasteiger partial charge in [0.2, 0.25) is 5.95 Å². The molecule has 1 aliphatic heterocycles. The van der Waals surface area contributed by atoms with E-state index in [9.17, 15) is 0 Å². The van der Waals surface area contributed by atoms with E-state index in [2.05, 4.69) is 15.3 Å². The minimum atomic E-state index is 0.517. The Labute approximate surface area is 105 Å². The Morgan fingerprint density at radius 1 is 1.33 bits per heavy atom. The van der Waals surface area contributed by atoms with Crippen LogP contribution in [0.3, 0.4) is 0 Å². The molecule has 0 unspecified atom stereocenters. The number of para-hydroxylation sites is 1. The van der Waals surface area contributed by atoms with E-state index < -0.39 is 0 Å². The second-order valence-corrected chi connectivity index (χ2v) is 4.07. The van der Waals surface area contributed by atoms with Crippen LogP contribution in [0, 0.1) is 0 Å². The van der Waals surface area contributed by atoms with Gasteiger partial charge in [-0.25, -0.2) is 9.97 Å². The molecular weight excluding hydrogens is 228 g/mol. The highest BCUT2D eigenvalue weighted by Crippen LogP contribution is 2.35. The molecule has 1 aliphatic rings. The number of rotatable bonds is 3. The molecule has 0 fully saturated rings. The van der Waals surface area contributed by atoms with Gasteiger partial charge >= 0.3 is 0 Å². The summed E-state index contributed by atoms with van der Waals surface area (Å²) in [5.74, 6) is 1.48. The van der Waals surface area contributed by atoms with E-state index in [0.29, 0.717) is 25.6 Å². The van der Waals surface area contributed by atoms with Crippen LogP contribution in [0.25, 0.3) is 11.3 Å². The van der Waals surface area contributed by atoms with Crippen LogP contribution >= 0.6 is 0 Å². The molecule has 0 saturated heterocycles. The van der Waals surface area contributed by atoms with E-state index in [1.54, 1.807) is 6.20 Å². The number of benzene rings is 1. The maximum Gasteiger partial charge on any atom is 0.223 e. The molecule has 3 rings (SSSR count). The van der Waals surface area contributed by atoms with Crippen molar-refractivity contribution in [1.82, 2.24) is 9.97 Å². The van der Waals surface area contributed by atoms with Crippen LogP contribution in [0.2, 0.25) is 0 Å². The fourth-order valence-corrected chi connectivity index (χ4v) is 1.96. The summed E-state index contributed by atoms with van der Waals surface area (Å²) in [5, 5.41) is 3.09. The molecule has 0 saturated carbocycles. The van der Waals surface area contributed by atoms with Gasteiger partial charge in [-0.05, 0) is 12.1 Å². The van der Waals surface area contributed by atoms with E-state index in [-0.39, 0.29) is 0 Å². The number of anilines is 1. The molecule has 92 valence electrons. The summed E-state index contributed by atoms with van der Waals surface area (Å²) in [7, 11) is 0. The van der Waals surface area contributed by atoms with Gasteiger partial charge in [-0.2, -0.15) is 0 Å². The summed E-state index contributed by atoms with van der Waals surface area (Å²) in [6.45, 7) is 1.74. The van der Waals surface area contributed by atoms with Crippen molar-refractivity contribution in [2.75, 3.05) is 18.4 Å². The van der Waals surface area contributed by atoms with Crippen LogP contribution in [-0.4, -0.2) is 23.1 Å². The standard InChI is InChI=1S/C13H14N4O/c14-5-6-15-13-16-7-9-8-18-11-4-2-1-3-10(11)12(9)17-13/h1-4,7H,5-6,8,14H2,(H,15,16,17). The lowest BCUT2D eigenvalue weighted by molar-refractivity contribution is 0.301. The molecule has 2 heterocycles. The van der Waals surface area contributed by atoms with Crippen molar-refractivity contribution in [1.29, 1.82) is 0 Å². The van der Waals surface area contributed by atoms with Crippen LogP contribution < -0.4 is 15.8 Å². The fourth-order valence-electron chi connectivity index (χ4n) is 1.96. The highest BCUT2D eigenvalue weighted by molar-refractivity contribution is 5.72. The first-order chi connectivity index (χ1) is 8.88.